The molecule has 138 valence electrons. The van der Waals surface area contributed by atoms with E-state index in [0.717, 1.165) is 49.0 Å². The van der Waals surface area contributed by atoms with E-state index in [1.807, 2.05) is 47.5 Å². The Bertz CT molecular complexity index is 937. The van der Waals surface area contributed by atoms with E-state index in [9.17, 15) is 4.79 Å². The largest absolute Gasteiger partial charge is 0.423 e. The zero-order valence-corrected chi connectivity index (χ0v) is 15.2. The smallest absolute Gasteiger partial charge is 0.298 e. The van der Waals surface area contributed by atoms with Crippen LogP contribution in [0, 0.1) is 5.41 Å². The van der Waals surface area contributed by atoms with Crippen LogP contribution in [-0.2, 0) is 11.3 Å². The number of hydrogen-bond donors (Lipinski definition) is 0. The van der Waals surface area contributed by atoms with Crippen LogP contribution in [0.5, 0.6) is 0 Å². The summed E-state index contributed by atoms with van der Waals surface area (Å²) < 4.78 is 5.93. The molecule has 0 saturated carbocycles. The first-order valence-corrected chi connectivity index (χ1v) is 9.52. The molecule has 2 saturated heterocycles. The van der Waals surface area contributed by atoms with Crippen molar-refractivity contribution in [1.82, 2.24) is 14.9 Å². The minimum Gasteiger partial charge on any atom is -0.423 e. The fourth-order valence-corrected chi connectivity index (χ4v) is 4.42. The number of rotatable bonds is 3. The minimum absolute atomic E-state index is 0.260. The number of hydrogen-bond acceptors (Lipinski definition) is 5. The van der Waals surface area contributed by atoms with Crippen molar-refractivity contribution < 1.29 is 9.21 Å². The summed E-state index contributed by atoms with van der Waals surface area (Å²) in [7, 11) is 0. The Morgan fingerprint density at radius 3 is 2.89 bits per heavy atom. The Labute approximate surface area is 157 Å². The van der Waals surface area contributed by atoms with E-state index in [1.54, 1.807) is 6.20 Å². The van der Waals surface area contributed by atoms with E-state index in [0.29, 0.717) is 19.1 Å². The third-order valence-electron chi connectivity index (χ3n) is 5.83. The summed E-state index contributed by atoms with van der Waals surface area (Å²) in [4.78, 5) is 26.2. The summed E-state index contributed by atoms with van der Waals surface area (Å²) in [6, 6.07) is 12.4. The Morgan fingerprint density at radius 1 is 1.11 bits per heavy atom. The molecule has 0 bridgehead atoms. The second kappa shape index (κ2) is 6.37. The third kappa shape index (κ3) is 2.85. The van der Waals surface area contributed by atoms with Crippen LogP contribution in [0.3, 0.4) is 0 Å². The summed E-state index contributed by atoms with van der Waals surface area (Å²) in [5.41, 5.74) is 2.42. The number of fused-ring (bicyclic) bond motifs is 1. The monoisotopic (exact) mass is 362 g/mol. The van der Waals surface area contributed by atoms with E-state index < -0.39 is 0 Å². The SMILES string of the molecule is O=C1N(Cc2cccnc2)CCC[C@@]12CCN(c1nc3ccccc3o1)C2. The number of nitrogens with zero attached hydrogens (tertiary/aromatic N) is 4. The average Bonchev–Trinajstić information content (AvgIpc) is 3.31. The predicted octanol–water partition coefficient (Wildman–Crippen LogP) is 3.24. The number of anilines is 1. The number of pyridine rings is 1. The first-order chi connectivity index (χ1) is 13.2. The molecule has 2 fully saturated rings. The molecule has 3 aromatic rings. The van der Waals surface area contributed by atoms with Crippen LogP contribution in [-0.4, -0.2) is 40.4 Å². The highest BCUT2D eigenvalue weighted by atomic mass is 16.4. The van der Waals surface area contributed by atoms with Gasteiger partial charge in [0.15, 0.2) is 5.58 Å². The lowest BCUT2D eigenvalue weighted by Crippen LogP contribution is -2.49. The molecule has 2 aromatic heterocycles. The first-order valence-electron chi connectivity index (χ1n) is 9.52. The second-order valence-corrected chi connectivity index (χ2v) is 7.61. The van der Waals surface area contributed by atoms with Gasteiger partial charge in [-0.25, -0.2) is 0 Å². The van der Waals surface area contributed by atoms with Gasteiger partial charge in [0.05, 0.1) is 5.41 Å². The molecular formula is C21H22N4O2. The van der Waals surface area contributed by atoms with Gasteiger partial charge >= 0.3 is 0 Å². The van der Waals surface area contributed by atoms with Gasteiger partial charge in [0.1, 0.15) is 5.52 Å². The van der Waals surface area contributed by atoms with E-state index >= 15 is 0 Å². The summed E-state index contributed by atoms with van der Waals surface area (Å²) in [6.45, 7) is 2.94. The lowest BCUT2D eigenvalue weighted by atomic mass is 9.78. The highest BCUT2D eigenvalue weighted by Crippen LogP contribution is 2.42. The molecule has 5 rings (SSSR count). The van der Waals surface area contributed by atoms with E-state index in [-0.39, 0.29) is 11.3 Å². The topological polar surface area (TPSA) is 62.5 Å². The van der Waals surface area contributed by atoms with Crippen LogP contribution in [0.4, 0.5) is 6.01 Å². The van der Waals surface area contributed by atoms with Gasteiger partial charge < -0.3 is 14.2 Å². The summed E-state index contributed by atoms with van der Waals surface area (Å²) in [5, 5.41) is 0. The predicted molar refractivity (Wildman–Crippen MR) is 102 cm³/mol. The minimum atomic E-state index is -0.318. The van der Waals surface area contributed by atoms with Gasteiger partial charge in [-0.3, -0.25) is 9.78 Å². The molecule has 1 aromatic carbocycles. The maximum Gasteiger partial charge on any atom is 0.298 e. The molecule has 1 spiro atoms. The molecular weight excluding hydrogens is 340 g/mol. The molecule has 27 heavy (non-hydrogen) atoms. The van der Waals surface area contributed by atoms with Crippen LogP contribution in [0.1, 0.15) is 24.8 Å². The van der Waals surface area contributed by atoms with Gasteiger partial charge in [-0.2, -0.15) is 4.98 Å². The molecule has 2 aliphatic rings. The van der Waals surface area contributed by atoms with Gasteiger partial charge in [-0.15, -0.1) is 0 Å². The summed E-state index contributed by atoms with van der Waals surface area (Å²) >= 11 is 0. The van der Waals surface area contributed by atoms with Crippen LogP contribution in [0.25, 0.3) is 11.1 Å². The molecule has 1 amide bonds. The van der Waals surface area contributed by atoms with E-state index in [1.165, 1.54) is 0 Å². The molecule has 2 aliphatic heterocycles. The van der Waals surface area contributed by atoms with Crippen molar-refractivity contribution in [1.29, 1.82) is 0 Å². The van der Waals surface area contributed by atoms with Crippen LogP contribution in [0.15, 0.2) is 53.2 Å². The molecule has 0 radical (unpaired) electrons. The van der Waals surface area contributed by atoms with Crippen molar-refractivity contribution >= 4 is 23.0 Å². The van der Waals surface area contributed by atoms with Crippen LogP contribution < -0.4 is 4.90 Å². The van der Waals surface area contributed by atoms with Crippen LogP contribution >= 0.6 is 0 Å². The van der Waals surface area contributed by atoms with Crippen molar-refractivity contribution in [2.45, 2.75) is 25.8 Å². The molecule has 4 heterocycles. The first kappa shape index (κ1) is 16.3. The lowest BCUT2D eigenvalue weighted by molar-refractivity contribution is -0.145. The third-order valence-corrected chi connectivity index (χ3v) is 5.83. The number of aromatic nitrogens is 2. The Morgan fingerprint density at radius 2 is 2.04 bits per heavy atom. The number of carbonyl (C=O) groups excluding carboxylic acids is 1. The van der Waals surface area contributed by atoms with E-state index in [2.05, 4.69) is 14.9 Å². The highest BCUT2D eigenvalue weighted by Gasteiger charge is 2.49. The van der Waals surface area contributed by atoms with Crippen molar-refractivity contribution in [2.75, 3.05) is 24.5 Å². The van der Waals surface area contributed by atoms with Crippen LogP contribution in [0.2, 0.25) is 0 Å². The normalized spacial score (nSPS) is 22.9. The van der Waals surface area contributed by atoms with Crippen molar-refractivity contribution in [2.24, 2.45) is 5.41 Å². The van der Waals surface area contributed by atoms with Gasteiger partial charge in [-0.05, 0) is 43.0 Å². The number of carbonyl (C=O) groups is 1. The number of piperidine rings is 1. The number of likely N-dealkylation sites (tertiary alicyclic amines) is 1. The fourth-order valence-electron chi connectivity index (χ4n) is 4.42. The standard InChI is InChI=1S/C21H22N4O2/c26-19-21(8-4-11-24(19)14-16-5-3-10-22-13-16)9-12-25(15-21)20-23-17-6-1-2-7-18(17)27-20/h1-3,5-7,10,13H,4,8-9,11-12,14-15H2/t21-/m0/s1. The lowest BCUT2D eigenvalue weighted by Gasteiger charge is -2.39. The molecule has 0 aliphatic carbocycles. The summed E-state index contributed by atoms with van der Waals surface area (Å²) in [6.07, 6.45) is 6.43. The number of amides is 1. The molecule has 0 N–H and O–H groups in total. The molecule has 0 unspecified atom stereocenters. The van der Waals surface area contributed by atoms with Crippen molar-refractivity contribution in [3.05, 3.63) is 54.4 Å². The highest BCUT2D eigenvalue weighted by molar-refractivity contribution is 5.85. The van der Waals surface area contributed by atoms with Crippen molar-refractivity contribution in [3.63, 3.8) is 0 Å². The van der Waals surface area contributed by atoms with Gasteiger partial charge in [-0.1, -0.05) is 18.2 Å². The maximum absolute atomic E-state index is 13.3. The average molecular weight is 362 g/mol. The number of para-hydroxylation sites is 2. The summed E-state index contributed by atoms with van der Waals surface area (Å²) in [5.74, 6) is 0.260. The molecule has 6 nitrogen and oxygen atoms in total. The van der Waals surface area contributed by atoms with Crippen molar-refractivity contribution in [3.8, 4) is 0 Å². The van der Waals surface area contributed by atoms with Gasteiger partial charge in [0, 0.05) is 38.6 Å². The fraction of sp³-hybridized carbons (Fsp3) is 0.381. The van der Waals surface area contributed by atoms with Gasteiger partial charge in [0.2, 0.25) is 5.91 Å². The number of oxazole rings is 1. The van der Waals surface area contributed by atoms with Gasteiger partial charge in [0.25, 0.3) is 6.01 Å². The molecule has 6 heteroatoms. The zero-order valence-electron chi connectivity index (χ0n) is 15.2. The Balaban J connectivity index is 1.36. The Kier molecular flexibility index (Phi) is 3.85. The quantitative estimate of drug-likeness (QED) is 0.716. The Hall–Kier alpha value is -2.89. The van der Waals surface area contributed by atoms with E-state index in [4.69, 9.17) is 4.42 Å². The maximum atomic E-state index is 13.3. The number of benzene rings is 1. The zero-order chi connectivity index (χ0) is 18.3. The second-order valence-electron chi connectivity index (χ2n) is 7.61. The molecule has 1 atom stereocenters.